The summed E-state index contributed by atoms with van der Waals surface area (Å²) in [6.07, 6.45) is 12.1. The first-order chi connectivity index (χ1) is 10.2. The van der Waals surface area contributed by atoms with E-state index in [9.17, 15) is 14.7 Å². The van der Waals surface area contributed by atoms with Crippen LogP contribution in [0.1, 0.15) is 51.4 Å². The topological polar surface area (TPSA) is 57.6 Å². The van der Waals surface area contributed by atoms with Crippen molar-refractivity contribution in [2.75, 3.05) is 6.54 Å². The third-order valence-electron chi connectivity index (χ3n) is 5.59. The molecule has 1 saturated heterocycles. The smallest absolute Gasteiger partial charge is 0.307 e. The normalized spacial score (nSPS) is 36.1. The van der Waals surface area contributed by atoms with Crippen molar-refractivity contribution < 1.29 is 14.7 Å². The SMILES string of the molecule is O=C(O)C1CC=CCC1C(=O)N1CCC[C@H]2CCCC[C@H]21. The van der Waals surface area contributed by atoms with Crippen molar-refractivity contribution in [2.45, 2.75) is 57.4 Å². The predicted octanol–water partition coefficient (Wildman–Crippen LogP) is 2.83. The second-order valence-electron chi connectivity index (χ2n) is 6.78. The van der Waals surface area contributed by atoms with Crippen molar-refractivity contribution >= 4 is 11.9 Å². The van der Waals surface area contributed by atoms with Gasteiger partial charge in [0.25, 0.3) is 0 Å². The molecule has 116 valence electrons. The molecule has 2 aliphatic carbocycles. The minimum Gasteiger partial charge on any atom is -0.481 e. The highest BCUT2D eigenvalue weighted by Crippen LogP contribution is 2.37. The molecular formula is C17H25NO3. The van der Waals surface area contributed by atoms with E-state index in [-0.39, 0.29) is 11.8 Å². The van der Waals surface area contributed by atoms with Gasteiger partial charge in [-0.05, 0) is 44.4 Å². The van der Waals surface area contributed by atoms with Crippen LogP contribution in [0, 0.1) is 17.8 Å². The molecule has 1 aliphatic heterocycles. The first-order valence-electron chi connectivity index (χ1n) is 8.36. The van der Waals surface area contributed by atoms with E-state index in [4.69, 9.17) is 0 Å². The fourth-order valence-electron chi connectivity index (χ4n) is 4.47. The second-order valence-corrected chi connectivity index (χ2v) is 6.78. The largest absolute Gasteiger partial charge is 0.481 e. The number of rotatable bonds is 2. The lowest BCUT2D eigenvalue weighted by atomic mass is 9.76. The summed E-state index contributed by atoms with van der Waals surface area (Å²) >= 11 is 0. The van der Waals surface area contributed by atoms with Gasteiger partial charge in [0.15, 0.2) is 0 Å². The molecule has 1 amide bonds. The number of carbonyl (C=O) groups is 2. The zero-order valence-corrected chi connectivity index (χ0v) is 12.5. The van der Waals surface area contributed by atoms with Gasteiger partial charge in [0.1, 0.15) is 0 Å². The molecule has 0 bridgehead atoms. The summed E-state index contributed by atoms with van der Waals surface area (Å²) in [4.78, 5) is 26.4. The number of carbonyl (C=O) groups excluding carboxylic acids is 1. The van der Waals surface area contributed by atoms with Gasteiger partial charge in [-0.25, -0.2) is 0 Å². The highest BCUT2D eigenvalue weighted by Gasteiger charge is 2.41. The summed E-state index contributed by atoms with van der Waals surface area (Å²) in [5.41, 5.74) is 0. The molecule has 0 aromatic heterocycles. The minimum atomic E-state index is -0.824. The van der Waals surface area contributed by atoms with E-state index < -0.39 is 11.9 Å². The zero-order valence-electron chi connectivity index (χ0n) is 12.5. The molecule has 0 spiro atoms. The van der Waals surface area contributed by atoms with Crippen molar-refractivity contribution in [3.63, 3.8) is 0 Å². The van der Waals surface area contributed by atoms with Crippen molar-refractivity contribution in [1.82, 2.24) is 4.90 Å². The molecule has 1 heterocycles. The Morgan fingerprint density at radius 1 is 0.952 bits per heavy atom. The molecule has 2 unspecified atom stereocenters. The molecule has 4 nitrogen and oxygen atoms in total. The Bertz CT molecular complexity index is 443. The van der Waals surface area contributed by atoms with Gasteiger partial charge in [-0.1, -0.05) is 25.0 Å². The molecule has 21 heavy (non-hydrogen) atoms. The van der Waals surface area contributed by atoms with Crippen LogP contribution in [0.5, 0.6) is 0 Å². The quantitative estimate of drug-likeness (QED) is 0.796. The maximum absolute atomic E-state index is 13.0. The van der Waals surface area contributed by atoms with Gasteiger partial charge < -0.3 is 10.0 Å². The van der Waals surface area contributed by atoms with Crippen LogP contribution in [0.2, 0.25) is 0 Å². The number of piperidine rings is 1. The number of carboxylic acids is 1. The molecule has 4 atom stereocenters. The highest BCUT2D eigenvalue weighted by atomic mass is 16.4. The fourth-order valence-corrected chi connectivity index (χ4v) is 4.47. The molecule has 2 fully saturated rings. The third-order valence-corrected chi connectivity index (χ3v) is 5.59. The van der Waals surface area contributed by atoms with Gasteiger partial charge in [0.2, 0.25) is 5.91 Å². The van der Waals surface area contributed by atoms with Crippen LogP contribution >= 0.6 is 0 Å². The average Bonchev–Trinajstić information content (AvgIpc) is 2.53. The van der Waals surface area contributed by atoms with Crippen molar-refractivity contribution in [2.24, 2.45) is 17.8 Å². The van der Waals surface area contributed by atoms with Crippen LogP contribution in [0.15, 0.2) is 12.2 Å². The lowest BCUT2D eigenvalue weighted by Gasteiger charge is -2.46. The number of fused-ring (bicyclic) bond motifs is 1. The van der Waals surface area contributed by atoms with Crippen molar-refractivity contribution in [1.29, 1.82) is 0 Å². The second kappa shape index (κ2) is 6.20. The van der Waals surface area contributed by atoms with E-state index in [1.807, 2.05) is 17.1 Å². The van der Waals surface area contributed by atoms with Crippen LogP contribution in [-0.2, 0) is 9.59 Å². The number of carboxylic acid groups (broad SMARTS) is 1. The van der Waals surface area contributed by atoms with E-state index in [1.165, 1.54) is 25.7 Å². The van der Waals surface area contributed by atoms with Crippen LogP contribution in [0.25, 0.3) is 0 Å². The lowest BCUT2D eigenvalue weighted by Crippen LogP contribution is -2.53. The maximum Gasteiger partial charge on any atom is 0.307 e. The molecule has 3 rings (SSSR count). The summed E-state index contributed by atoms with van der Waals surface area (Å²) in [6, 6.07) is 0.375. The molecule has 0 aromatic carbocycles. The summed E-state index contributed by atoms with van der Waals surface area (Å²) < 4.78 is 0. The number of aliphatic carboxylic acids is 1. The van der Waals surface area contributed by atoms with E-state index in [0.29, 0.717) is 24.8 Å². The molecule has 0 radical (unpaired) electrons. The van der Waals surface area contributed by atoms with Gasteiger partial charge in [-0.2, -0.15) is 0 Å². The molecule has 3 aliphatic rings. The number of hydrogen-bond donors (Lipinski definition) is 1. The molecule has 0 aromatic rings. The Balaban J connectivity index is 1.76. The van der Waals surface area contributed by atoms with Gasteiger partial charge >= 0.3 is 5.97 Å². The standard InChI is InChI=1S/C17H25NO3/c19-16(13-8-2-3-9-14(13)17(20)21)18-11-5-7-12-6-1-4-10-15(12)18/h2-3,12-15H,1,4-11H2,(H,20,21)/t12-,13?,14?,15-/m1/s1. The van der Waals surface area contributed by atoms with E-state index >= 15 is 0 Å². The number of nitrogens with zero attached hydrogens (tertiary/aromatic N) is 1. The third kappa shape index (κ3) is 2.85. The first-order valence-corrected chi connectivity index (χ1v) is 8.36. The van der Waals surface area contributed by atoms with Gasteiger partial charge in [0.05, 0.1) is 11.8 Å². The van der Waals surface area contributed by atoms with Gasteiger partial charge in [-0.3, -0.25) is 9.59 Å². The summed E-state index contributed by atoms with van der Waals surface area (Å²) in [5.74, 6) is -0.961. The average molecular weight is 291 g/mol. The summed E-state index contributed by atoms with van der Waals surface area (Å²) in [6.45, 7) is 0.826. The molecule has 4 heteroatoms. The Hall–Kier alpha value is -1.32. The Kier molecular flexibility index (Phi) is 4.32. The number of likely N-dealkylation sites (tertiary alicyclic amines) is 1. The Morgan fingerprint density at radius 3 is 2.38 bits per heavy atom. The van der Waals surface area contributed by atoms with Crippen molar-refractivity contribution in [3.8, 4) is 0 Å². The number of allylic oxidation sites excluding steroid dienone is 2. The van der Waals surface area contributed by atoms with Gasteiger partial charge in [-0.15, -0.1) is 0 Å². The first kappa shape index (κ1) is 14.6. The van der Waals surface area contributed by atoms with E-state index in [0.717, 1.165) is 19.4 Å². The highest BCUT2D eigenvalue weighted by molar-refractivity contribution is 5.85. The van der Waals surface area contributed by atoms with Crippen LogP contribution in [0.3, 0.4) is 0 Å². The summed E-state index contributed by atoms with van der Waals surface area (Å²) in [5, 5.41) is 9.38. The number of amides is 1. The Morgan fingerprint density at radius 2 is 1.62 bits per heavy atom. The minimum absolute atomic E-state index is 0.100. The zero-order chi connectivity index (χ0) is 14.8. The van der Waals surface area contributed by atoms with E-state index in [2.05, 4.69) is 0 Å². The number of hydrogen-bond acceptors (Lipinski definition) is 2. The van der Waals surface area contributed by atoms with Crippen LogP contribution in [-0.4, -0.2) is 34.5 Å². The lowest BCUT2D eigenvalue weighted by molar-refractivity contribution is -0.153. The van der Waals surface area contributed by atoms with Crippen LogP contribution < -0.4 is 0 Å². The molecular weight excluding hydrogens is 266 g/mol. The van der Waals surface area contributed by atoms with Crippen LogP contribution in [0.4, 0.5) is 0 Å². The molecule has 1 N–H and O–H groups in total. The van der Waals surface area contributed by atoms with Crippen molar-refractivity contribution in [3.05, 3.63) is 12.2 Å². The maximum atomic E-state index is 13.0. The van der Waals surface area contributed by atoms with E-state index in [1.54, 1.807) is 0 Å². The predicted molar refractivity (Wildman–Crippen MR) is 79.7 cm³/mol. The fraction of sp³-hybridized carbons (Fsp3) is 0.765. The Labute approximate surface area is 126 Å². The summed E-state index contributed by atoms with van der Waals surface area (Å²) in [7, 11) is 0. The van der Waals surface area contributed by atoms with Gasteiger partial charge in [0, 0.05) is 12.6 Å². The monoisotopic (exact) mass is 291 g/mol. The molecule has 1 saturated carbocycles.